The summed E-state index contributed by atoms with van der Waals surface area (Å²) in [6, 6.07) is 12.8. The molecule has 26 heavy (non-hydrogen) atoms. The summed E-state index contributed by atoms with van der Waals surface area (Å²) in [5, 5.41) is 3.52. The van der Waals surface area contributed by atoms with Crippen LogP contribution in [0.3, 0.4) is 0 Å². The Morgan fingerprint density at radius 1 is 1.15 bits per heavy atom. The fourth-order valence-corrected chi connectivity index (χ4v) is 2.98. The fourth-order valence-electron chi connectivity index (χ4n) is 2.80. The van der Waals surface area contributed by atoms with Crippen molar-refractivity contribution in [2.75, 3.05) is 24.3 Å². The molecular formula is C19H18ClN3O3. The first-order valence-corrected chi connectivity index (χ1v) is 8.45. The molecule has 6 nitrogen and oxygen atoms in total. The first-order chi connectivity index (χ1) is 12.4. The molecule has 0 saturated carbocycles. The van der Waals surface area contributed by atoms with Crippen LogP contribution < -0.4 is 10.2 Å². The van der Waals surface area contributed by atoms with E-state index in [1.807, 2.05) is 0 Å². The van der Waals surface area contributed by atoms with Gasteiger partial charge in [-0.3, -0.25) is 14.4 Å². The van der Waals surface area contributed by atoms with Crippen LogP contribution in [0, 0.1) is 0 Å². The lowest BCUT2D eigenvalue weighted by Crippen LogP contribution is -2.34. The maximum atomic E-state index is 12.6. The van der Waals surface area contributed by atoms with Crippen molar-refractivity contribution >= 4 is 40.7 Å². The molecule has 1 heterocycles. The Balaban J connectivity index is 1.74. The third-order valence-corrected chi connectivity index (χ3v) is 4.33. The zero-order chi connectivity index (χ0) is 18.8. The van der Waals surface area contributed by atoms with Crippen LogP contribution in [-0.2, 0) is 9.59 Å². The van der Waals surface area contributed by atoms with Gasteiger partial charge < -0.3 is 10.2 Å². The molecule has 0 spiro atoms. The average molecular weight is 372 g/mol. The van der Waals surface area contributed by atoms with E-state index in [1.54, 1.807) is 62.6 Å². The van der Waals surface area contributed by atoms with E-state index < -0.39 is 6.04 Å². The summed E-state index contributed by atoms with van der Waals surface area (Å²) in [6.07, 6.45) is 0.0593. The van der Waals surface area contributed by atoms with Gasteiger partial charge in [0, 0.05) is 30.4 Å². The fraction of sp³-hybridized carbons (Fsp3) is 0.211. The molecule has 3 amide bonds. The maximum absolute atomic E-state index is 12.6. The molecule has 0 aliphatic carbocycles. The van der Waals surface area contributed by atoms with Gasteiger partial charge in [0.05, 0.1) is 12.1 Å². The van der Waals surface area contributed by atoms with Crippen LogP contribution >= 0.6 is 11.6 Å². The molecule has 1 aliphatic rings. The van der Waals surface area contributed by atoms with E-state index in [-0.39, 0.29) is 24.1 Å². The number of carbonyl (C=O) groups is 3. The lowest BCUT2D eigenvalue weighted by atomic mass is 10.1. The molecule has 134 valence electrons. The molecule has 2 aromatic rings. The van der Waals surface area contributed by atoms with Crippen LogP contribution in [0.4, 0.5) is 11.4 Å². The number of anilines is 2. The van der Waals surface area contributed by atoms with Crippen molar-refractivity contribution in [3.63, 3.8) is 0 Å². The van der Waals surface area contributed by atoms with E-state index in [0.29, 0.717) is 22.0 Å². The van der Waals surface area contributed by atoms with Crippen LogP contribution in [0.5, 0.6) is 0 Å². The number of nitrogens with one attached hydrogen (secondary N) is 1. The molecular weight excluding hydrogens is 354 g/mol. The summed E-state index contributed by atoms with van der Waals surface area (Å²) in [6.45, 7) is 0. The summed E-state index contributed by atoms with van der Waals surface area (Å²) in [7, 11) is 3.36. The third kappa shape index (κ3) is 3.55. The molecule has 7 heteroatoms. The van der Waals surface area contributed by atoms with E-state index in [1.165, 1.54) is 4.90 Å². The van der Waals surface area contributed by atoms with E-state index >= 15 is 0 Å². The number of benzene rings is 2. The van der Waals surface area contributed by atoms with Crippen molar-refractivity contribution in [2.45, 2.75) is 12.5 Å². The monoisotopic (exact) mass is 371 g/mol. The summed E-state index contributed by atoms with van der Waals surface area (Å²) >= 11 is 5.95. The van der Waals surface area contributed by atoms with E-state index in [2.05, 4.69) is 5.32 Å². The number of rotatable bonds is 4. The van der Waals surface area contributed by atoms with Gasteiger partial charge in [-0.05, 0) is 42.5 Å². The lowest BCUT2D eigenvalue weighted by molar-refractivity contribution is -0.121. The summed E-state index contributed by atoms with van der Waals surface area (Å²) in [5.41, 5.74) is 1.68. The predicted molar refractivity (Wildman–Crippen MR) is 100 cm³/mol. The topological polar surface area (TPSA) is 69.7 Å². The number of halogens is 1. The van der Waals surface area contributed by atoms with E-state index in [0.717, 1.165) is 4.90 Å². The van der Waals surface area contributed by atoms with Crippen molar-refractivity contribution in [2.24, 2.45) is 0 Å². The summed E-state index contributed by atoms with van der Waals surface area (Å²) in [4.78, 5) is 39.5. The second kappa shape index (κ2) is 7.17. The number of carbonyl (C=O) groups excluding carboxylic acids is 3. The minimum absolute atomic E-state index is 0.0593. The van der Waals surface area contributed by atoms with Crippen LogP contribution in [0.1, 0.15) is 16.8 Å². The molecule has 1 fully saturated rings. The maximum Gasteiger partial charge on any atom is 0.256 e. The van der Waals surface area contributed by atoms with Gasteiger partial charge in [0.15, 0.2) is 0 Å². The minimum Gasteiger partial charge on any atom is -0.373 e. The van der Waals surface area contributed by atoms with Gasteiger partial charge in [0.1, 0.15) is 6.04 Å². The Morgan fingerprint density at radius 3 is 2.46 bits per heavy atom. The molecule has 0 bridgehead atoms. The second-order valence-corrected chi connectivity index (χ2v) is 6.66. The van der Waals surface area contributed by atoms with Gasteiger partial charge >= 0.3 is 0 Å². The van der Waals surface area contributed by atoms with Crippen molar-refractivity contribution < 1.29 is 14.4 Å². The quantitative estimate of drug-likeness (QED) is 0.839. The summed E-state index contributed by atoms with van der Waals surface area (Å²) in [5.74, 6) is -0.712. The highest BCUT2D eigenvalue weighted by Gasteiger charge is 2.39. The number of imide groups is 1. The first-order valence-electron chi connectivity index (χ1n) is 8.07. The smallest absolute Gasteiger partial charge is 0.256 e. The average Bonchev–Trinajstić information content (AvgIpc) is 2.88. The number of amides is 3. The second-order valence-electron chi connectivity index (χ2n) is 6.23. The zero-order valence-corrected chi connectivity index (χ0v) is 15.2. The number of nitrogens with zero attached hydrogens (tertiary/aromatic N) is 2. The van der Waals surface area contributed by atoms with Gasteiger partial charge in [0.2, 0.25) is 5.91 Å². The molecule has 0 aromatic heterocycles. The Morgan fingerprint density at radius 2 is 1.85 bits per heavy atom. The Bertz CT molecular complexity index is 865. The molecule has 1 N–H and O–H groups in total. The van der Waals surface area contributed by atoms with Gasteiger partial charge in [-0.15, -0.1) is 0 Å². The van der Waals surface area contributed by atoms with Crippen molar-refractivity contribution in [3.05, 3.63) is 59.1 Å². The molecule has 1 saturated heterocycles. The largest absolute Gasteiger partial charge is 0.373 e. The van der Waals surface area contributed by atoms with Crippen LogP contribution in [0.25, 0.3) is 0 Å². The predicted octanol–water partition coefficient (Wildman–Crippen LogP) is 2.79. The molecule has 1 aliphatic heterocycles. The highest BCUT2D eigenvalue weighted by Crippen LogP contribution is 2.27. The van der Waals surface area contributed by atoms with Crippen LogP contribution in [0.2, 0.25) is 5.02 Å². The van der Waals surface area contributed by atoms with Gasteiger partial charge in [-0.25, -0.2) is 4.90 Å². The Hall–Kier alpha value is -2.86. The Kier molecular flexibility index (Phi) is 4.95. The number of hydrogen-bond donors (Lipinski definition) is 1. The summed E-state index contributed by atoms with van der Waals surface area (Å²) < 4.78 is 0. The van der Waals surface area contributed by atoms with E-state index in [9.17, 15) is 14.4 Å². The van der Waals surface area contributed by atoms with Gasteiger partial charge in [-0.1, -0.05) is 17.7 Å². The van der Waals surface area contributed by atoms with Gasteiger partial charge in [-0.2, -0.15) is 0 Å². The molecule has 0 radical (unpaired) electrons. The SMILES string of the molecule is CN(C)C(=O)c1ccc(N[C@H]2CC(=O)N(c3cccc(Cl)c3)C2=O)cc1. The highest BCUT2D eigenvalue weighted by atomic mass is 35.5. The van der Waals surface area contributed by atoms with Crippen LogP contribution in [-0.4, -0.2) is 42.8 Å². The lowest BCUT2D eigenvalue weighted by Gasteiger charge is -2.16. The normalized spacial score (nSPS) is 16.7. The molecule has 0 unspecified atom stereocenters. The minimum atomic E-state index is -0.656. The van der Waals surface area contributed by atoms with Crippen molar-refractivity contribution in [3.8, 4) is 0 Å². The standard InChI is InChI=1S/C19H18ClN3O3/c1-22(2)18(25)12-6-8-14(9-7-12)21-16-11-17(24)23(19(16)26)15-5-3-4-13(20)10-15/h3-10,16,21H,11H2,1-2H3/t16-/m0/s1. The number of hydrogen-bond acceptors (Lipinski definition) is 4. The molecule has 2 aromatic carbocycles. The van der Waals surface area contributed by atoms with Crippen molar-refractivity contribution in [1.82, 2.24) is 4.90 Å². The van der Waals surface area contributed by atoms with E-state index in [4.69, 9.17) is 11.6 Å². The third-order valence-electron chi connectivity index (χ3n) is 4.09. The van der Waals surface area contributed by atoms with Crippen LogP contribution in [0.15, 0.2) is 48.5 Å². The molecule has 1 atom stereocenters. The van der Waals surface area contributed by atoms with Crippen molar-refractivity contribution in [1.29, 1.82) is 0 Å². The first kappa shape index (κ1) is 17.9. The zero-order valence-electron chi connectivity index (χ0n) is 14.4. The van der Waals surface area contributed by atoms with Gasteiger partial charge in [0.25, 0.3) is 11.8 Å². The Labute approximate surface area is 156 Å². The molecule has 3 rings (SSSR count). The highest BCUT2D eigenvalue weighted by molar-refractivity contribution is 6.31.